The summed E-state index contributed by atoms with van der Waals surface area (Å²) in [5.74, 6) is 1.06. The van der Waals surface area contributed by atoms with Crippen LogP contribution in [0.2, 0.25) is 0 Å². The zero-order valence-electron chi connectivity index (χ0n) is 12.5. The number of ether oxygens (including phenoxy) is 1. The van der Waals surface area contributed by atoms with Crippen molar-refractivity contribution in [3.05, 3.63) is 23.8 Å². The lowest BCUT2D eigenvalue weighted by Gasteiger charge is -2.06. The van der Waals surface area contributed by atoms with Gasteiger partial charge in [-0.25, -0.2) is 4.63 Å². The van der Waals surface area contributed by atoms with E-state index in [1.54, 1.807) is 7.11 Å². The highest BCUT2D eigenvalue weighted by molar-refractivity contribution is 5.93. The SMILES string of the molecule is CCCCC(=O)Nc1nonc1-c1ccc(OC)c(C)c1. The number of benzene rings is 1. The molecule has 0 aliphatic heterocycles. The van der Waals surface area contributed by atoms with Crippen molar-refractivity contribution in [3.8, 4) is 17.0 Å². The summed E-state index contributed by atoms with van der Waals surface area (Å²) in [5.41, 5.74) is 2.31. The van der Waals surface area contributed by atoms with Crippen LogP contribution >= 0.6 is 0 Å². The van der Waals surface area contributed by atoms with Crippen LogP contribution in [0.5, 0.6) is 5.75 Å². The molecule has 1 heterocycles. The van der Waals surface area contributed by atoms with Crippen molar-refractivity contribution < 1.29 is 14.2 Å². The monoisotopic (exact) mass is 289 g/mol. The normalized spacial score (nSPS) is 10.4. The van der Waals surface area contributed by atoms with E-state index in [2.05, 4.69) is 15.6 Å². The first-order valence-electron chi connectivity index (χ1n) is 6.93. The molecule has 0 spiro atoms. The molecule has 0 fully saturated rings. The van der Waals surface area contributed by atoms with E-state index in [1.165, 1.54) is 0 Å². The van der Waals surface area contributed by atoms with Crippen molar-refractivity contribution in [2.75, 3.05) is 12.4 Å². The maximum Gasteiger partial charge on any atom is 0.225 e. The summed E-state index contributed by atoms with van der Waals surface area (Å²) in [6, 6.07) is 5.62. The molecule has 0 unspecified atom stereocenters. The van der Waals surface area contributed by atoms with Gasteiger partial charge in [0.2, 0.25) is 11.7 Å². The van der Waals surface area contributed by atoms with Crippen LogP contribution in [0.3, 0.4) is 0 Å². The molecule has 2 aromatic rings. The lowest BCUT2D eigenvalue weighted by molar-refractivity contribution is -0.116. The number of anilines is 1. The summed E-state index contributed by atoms with van der Waals surface area (Å²) < 4.78 is 9.98. The van der Waals surface area contributed by atoms with Crippen molar-refractivity contribution >= 4 is 11.7 Å². The minimum atomic E-state index is -0.0842. The molecule has 0 aliphatic rings. The largest absolute Gasteiger partial charge is 0.496 e. The molecule has 0 saturated heterocycles. The van der Waals surface area contributed by atoms with Gasteiger partial charge < -0.3 is 10.1 Å². The molecule has 0 saturated carbocycles. The van der Waals surface area contributed by atoms with Gasteiger partial charge >= 0.3 is 0 Å². The van der Waals surface area contributed by atoms with Gasteiger partial charge in [-0.3, -0.25) is 4.79 Å². The third-order valence-corrected chi connectivity index (χ3v) is 3.17. The van der Waals surface area contributed by atoms with Crippen LogP contribution in [0, 0.1) is 6.92 Å². The molecule has 0 aliphatic carbocycles. The molecule has 6 nitrogen and oxygen atoms in total. The second-order valence-electron chi connectivity index (χ2n) is 4.80. The predicted octanol–water partition coefficient (Wildman–Crippen LogP) is 3.18. The Morgan fingerprint density at radius 3 is 2.86 bits per heavy atom. The van der Waals surface area contributed by atoms with Crippen LogP contribution in [-0.4, -0.2) is 23.3 Å². The smallest absolute Gasteiger partial charge is 0.225 e. The molecule has 0 bridgehead atoms. The van der Waals surface area contributed by atoms with Gasteiger partial charge in [0, 0.05) is 12.0 Å². The first-order chi connectivity index (χ1) is 10.2. The van der Waals surface area contributed by atoms with E-state index in [-0.39, 0.29) is 5.91 Å². The lowest BCUT2D eigenvalue weighted by Crippen LogP contribution is -2.12. The Bertz CT molecular complexity index is 622. The van der Waals surface area contributed by atoms with Gasteiger partial charge in [-0.2, -0.15) is 0 Å². The maximum absolute atomic E-state index is 11.8. The van der Waals surface area contributed by atoms with E-state index < -0.39 is 0 Å². The zero-order chi connectivity index (χ0) is 15.2. The molecular weight excluding hydrogens is 270 g/mol. The Morgan fingerprint density at radius 2 is 2.19 bits per heavy atom. The van der Waals surface area contributed by atoms with E-state index in [4.69, 9.17) is 9.37 Å². The molecule has 0 atom stereocenters. The van der Waals surface area contributed by atoms with E-state index in [0.717, 1.165) is 29.7 Å². The highest BCUT2D eigenvalue weighted by Crippen LogP contribution is 2.28. The van der Waals surface area contributed by atoms with Crippen LogP contribution < -0.4 is 10.1 Å². The molecule has 1 aromatic carbocycles. The second-order valence-corrected chi connectivity index (χ2v) is 4.80. The van der Waals surface area contributed by atoms with Crippen molar-refractivity contribution in [1.82, 2.24) is 10.3 Å². The standard InChI is InChI=1S/C15H19N3O3/c1-4-5-6-13(19)16-15-14(17-21-18-15)11-7-8-12(20-3)10(2)9-11/h7-9H,4-6H2,1-3H3,(H,16,18,19). The number of nitrogens with one attached hydrogen (secondary N) is 1. The number of nitrogens with zero attached hydrogens (tertiary/aromatic N) is 2. The lowest BCUT2D eigenvalue weighted by atomic mass is 10.1. The predicted molar refractivity (Wildman–Crippen MR) is 79.2 cm³/mol. The van der Waals surface area contributed by atoms with E-state index in [9.17, 15) is 4.79 Å². The number of methoxy groups -OCH3 is 1. The summed E-state index contributed by atoms with van der Waals surface area (Å²) in [6.45, 7) is 3.98. The van der Waals surface area contributed by atoms with Gasteiger partial charge in [0.25, 0.3) is 0 Å². The fraction of sp³-hybridized carbons (Fsp3) is 0.400. The topological polar surface area (TPSA) is 77.3 Å². The van der Waals surface area contributed by atoms with Crippen LogP contribution in [0.15, 0.2) is 22.8 Å². The van der Waals surface area contributed by atoms with Gasteiger partial charge in [0.15, 0.2) is 5.69 Å². The number of aryl methyl sites for hydroxylation is 1. The van der Waals surface area contributed by atoms with Crippen LogP contribution in [0.1, 0.15) is 31.7 Å². The fourth-order valence-corrected chi connectivity index (χ4v) is 2.02. The number of hydrogen-bond acceptors (Lipinski definition) is 5. The third-order valence-electron chi connectivity index (χ3n) is 3.17. The molecule has 6 heteroatoms. The van der Waals surface area contributed by atoms with Crippen LogP contribution in [-0.2, 0) is 4.79 Å². The molecule has 21 heavy (non-hydrogen) atoms. The first kappa shape index (κ1) is 15.0. The van der Waals surface area contributed by atoms with Gasteiger partial charge in [-0.05, 0) is 47.4 Å². The fourth-order valence-electron chi connectivity index (χ4n) is 2.02. The Hall–Kier alpha value is -2.37. The Balaban J connectivity index is 2.20. The summed E-state index contributed by atoms with van der Waals surface area (Å²) in [5, 5.41) is 10.4. The van der Waals surface area contributed by atoms with Crippen molar-refractivity contribution in [1.29, 1.82) is 0 Å². The van der Waals surface area contributed by atoms with E-state index in [1.807, 2.05) is 32.0 Å². The summed E-state index contributed by atoms with van der Waals surface area (Å²) >= 11 is 0. The average Bonchev–Trinajstić information content (AvgIpc) is 2.93. The molecule has 1 aromatic heterocycles. The molecule has 2 rings (SSSR count). The number of amides is 1. The average molecular weight is 289 g/mol. The van der Waals surface area contributed by atoms with Crippen LogP contribution in [0.25, 0.3) is 11.3 Å². The van der Waals surface area contributed by atoms with Gasteiger partial charge in [-0.15, -0.1) is 0 Å². The Kier molecular flexibility index (Phi) is 4.92. The Labute approximate surface area is 123 Å². The summed E-state index contributed by atoms with van der Waals surface area (Å²) in [7, 11) is 1.62. The third kappa shape index (κ3) is 3.59. The molecule has 1 amide bonds. The summed E-state index contributed by atoms with van der Waals surface area (Å²) in [6.07, 6.45) is 2.27. The van der Waals surface area contributed by atoms with Crippen molar-refractivity contribution in [2.45, 2.75) is 33.1 Å². The number of unbranched alkanes of at least 4 members (excludes halogenated alkanes) is 1. The molecular formula is C15H19N3O3. The number of carbonyl (C=O) groups is 1. The summed E-state index contributed by atoms with van der Waals surface area (Å²) in [4.78, 5) is 11.8. The number of aromatic nitrogens is 2. The van der Waals surface area contributed by atoms with Crippen molar-refractivity contribution in [3.63, 3.8) is 0 Å². The van der Waals surface area contributed by atoms with Gasteiger partial charge in [0.1, 0.15) is 5.75 Å². The number of hydrogen-bond donors (Lipinski definition) is 1. The second kappa shape index (κ2) is 6.88. The highest BCUT2D eigenvalue weighted by atomic mass is 16.6. The maximum atomic E-state index is 11.8. The highest BCUT2D eigenvalue weighted by Gasteiger charge is 2.15. The van der Waals surface area contributed by atoms with Gasteiger partial charge in [-0.1, -0.05) is 13.3 Å². The minimum absolute atomic E-state index is 0.0842. The molecule has 112 valence electrons. The van der Waals surface area contributed by atoms with Crippen molar-refractivity contribution in [2.24, 2.45) is 0 Å². The Morgan fingerprint density at radius 1 is 1.38 bits per heavy atom. The zero-order valence-corrected chi connectivity index (χ0v) is 12.5. The quantitative estimate of drug-likeness (QED) is 0.883. The van der Waals surface area contributed by atoms with E-state index >= 15 is 0 Å². The van der Waals surface area contributed by atoms with Crippen LogP contribution in [0.4, 0.5) is 5.82 Å². The molecule has 1 N–H and O–H groups in total. The van der Waals surface area contributed by atoms with Gasteiger partial charge in [0.05, 0.1) is 7.11 Å². The first-order valence-corrected chi connectivity index (χ1v) is 6.93. The number of carbonyl (C=O) groups excluding carboxylic acids is 1. The number of rotatable bonds is 6. The molecule has 0 radical (unpaired) electrons. The minimum Gasteiger partial charge on any atom is -0.496 e. The van der Waals surface area contributed by atoms with E-state index in [0.29, 0.717) is 17.9 Å².